The average Bonchev–Trinajstić information content (AvgIpc) is 2.76. The van der Waals surface area contributed by atoms with Crippen LogP contribution < -0.4 is 0 Å². The molecule has 0 amide bonds. The van der Waals surface area contributed by atoms with Gasteiger partial charge in [-0.2, -0.15) is 4.31 Å². The van der Waals surface area contributed by atoms with Crippen LogP contribution in [-0.4, -0.2) is 25.8 Å². The van der Waals surface area contributed by atoms with E-state index in [1.165, 1.54) is 11.3 Å². The highest BCUT2D eigenvalue weighted by Gasteiger charge is 2.29. The summed E-state index contributed by atoms with van der Waals surface area (Å²) < 4.78 is 27.1. The molecule has 3 nitrogen and oxygen atoms in total. The van der Waals surface area contributed by atoms with E-state index in [0.717, 1.165) is 16.9 Å². The molecule has 0 bridgehead atoms. The molecule has 19 heavy (non-hydrogen) atoms. The van der Waals surface area contributed by atoms with E-state index < -0.39 is 10.0 Å². The largest absolute Gasteiger partial charge is 0.244 e. The Morgan fingerprint density at radius 3 is 2.53 bits per heavy atom. The number of sulfonamides is 1. The third-order valence-corrected chi connectivity index (χ3v) is 7.10. The van der Waals surface area contributed by atoms with Crippen LogP contribution >= 0.6 is 22.9 Å². The van der Waals surface area contributed by atoms with Gasteiger partial charge in [0.15, 0.2) is 0 Å². The maximum Gasteiger partial charge on any atom is 0.244 e. The van der Waals surface area contributed by atoms with Crippen LogP contribution in [0.3, 0.4) is 0 Å². The lowest BCUT2D eigenvalue weighted by Gasteiger charge is -2.24. The molecular formula is C13H22ClNO2S2. The highest BCUT2D eigenvalue weighted by molar-refractivity contribution is 7.89. The molecule has 0 aliphatic carbocycles. The van der Waals surface area contributed by atoms with Gasteiger partial charge in [0.05, 0.1) is 5.88 Å². The zero-order valence-electron chi connectivity index (χ0n) is 11.9. The summed E-state index contributed by atoms with van der Waals surface area (Å²) >= 11 is 7.28. The Morgan fingerprint density at radius 1 is 1.42 bits per heavy atom. The number of aryl methyl sites for hydroxylation is 1. The quantitative estimate of drug-likeness (QED) is 0.715. The number of hydrogen-bond donors (Lipinski definition) is 0. The van der Waals surface area contributed by atoms with E-state index in [1.54, 1.807) is 4.31 Å². The SMILES string of the molecule is CCC(C)CN(CC)S(=O)(=O)c1c(C)csc1CCl. The Kier molecular flexibility index (Phi) is 6.30. The van der Waals surface area contributed by atoms with Gasteiger partial charge in [0.1, 0.15) is 4.90 Å². The molecule has 1 unspecified atom stereocenters. The normalized spacial score (nSPS) is 14.0. The number of hydrogen-bond acceptors (Lipinski definition) is 3. The van der Waals surface area contributed by atoms with Crippen LogP contribution in [0.15, 0.2) is 10.3 Å². The average molecular weight is 324 g/mol. The topological polar surface area (TPSA) is 37.4 Å². The van der Waals surface area contributed by atoms with E-state index in [0.29, 0.717) is 23.9 Å². The standard InChI is InChI=1S/C13H22ClNO2S2/c1-5-10(3)8-15(6-2)19(16,17)13-11(4)9-18-12(13)7-14/h9-10H,5-8H2,1-4H3. The molecule has 0 aliphatic rings. The molecule has 0 saturated heterocycles. The van der Waals surface area contributed by atoms with Crippen LogP contribution in [0, 0.1) is 12.8 Å². The number of thiophene rings is 1. The highest BCUT2D eigenvalue weighted by Crippen LogP contribution is 2.31. The van der Waals surface area contributed by atoms with Crippen LogP contribution in [0.4, 0.5) is 0 Å². The molecule has 0 radical (unpaired) electrons. The van der Waals surface area contributed by atoms with Crippen LogP contribution in [0.1, 0.15) is 37.6 Å². The molecule has 1 atom stereocenters. The maximum absolute atomic E-state index is 12.8. The summed E-state index contributed by atoms with van der Waals surface area (Å²) in [5.41, 5.74) is 0.795. The lowest BCUT2D eigenvalue weighted by molar-refractivity contribution is 0.361. The van der Waals surface area contributed by atoms with Gasteiger partial charge >= 0.3 is 0 Å². The van der Waals surface area contributed by atoms with Gasteiger partial charge < -0.3 is 0 Å². The van der Waals surface area contributed by atoms with Gasteiger partial charge in [0.25, 0.3) is 0 Å². The first-order valence-corrected chi connectivity index (χ1v) is 9.36. The summed E-state index contributed by atoms with van der Waals surface area (Å²) in [5.74, 6) is 0.599. The zero-order chi connectivity index (χ0) is 14.6. The molecule has 6 heteroatoms. The van der Waals surface area contributed by atoms with Gasteiger partial charge in [-0.05, 0) is 23.8 Å². The number of halogens is 1. The van der Waals surface area contributed by atoms with Crippen molar-refractivity contribution in [2.24, 2.45) is 5.92 Å². The molecule has 1 aromatic rings. The predicted molar refractivity (Wildman–Crippen MR) is 82.5 cm³/mol. The van der Waals surface area contributed by atoms with E-state index in [4.69, 9.17) is 11.6 Å². The Morgan fingerprint density at radius 2 is 2.05 bits per heavy atom. The molecule has 110 valence electrons. The summed E-state index contributed by atoms with van der Waals surface area (Å²) in [5, 5.41) is 1.86. The Balaban J connectivity index is 3.17. The summed E-state index contributed by atoms with van der Waals surface area (Å²) in [4.78, 5) is 1.15. The molecule has 1 aromatic heterocycles. The molecule has 0 aliphatic heterocycles. The van der Waals surface area contributed by atoms with Crippen molar-refractivity contribution in [2.75, 3.05) is 13.1 Å². The van der Waals surface area contributed by atoms with Gasteiger partial charge in [-0.25, -0.2) is 8.42 Å². The van der Waals surface area contributed by atoms with Crippen LogP contribution in [0.5, 0.6) is 0 Å². The minimum absolute atomic E-state index is 0.244. The fourth-order valence-corrected chi connectivity index (χ4v) is 5.51. The maximum atomic E-state index is 12.8. The molecule has 1 rings (SSSR count). The van der Waals surface area contributed by atoms with Gasteiger partial charge in [0.2, 0.25) is 10.0 Å². The van der Waals surface area contributed by atoms with Crippen molar-refractivity contribution in [1.82, 2.24) is 4.31 Å². The molecular weight excluding hydrogens is 302 g/mol. The van der Waals surface area contributed by atoms with Gasteiger partial charge in [-0.15, -0.1) is 22.9 Å². The monoisotopic (exact) mass is 323 g/mol. The second-order valence-corrected chi connectivity index (χ2v) is 7.88. The lowest BCUT2D eigenvalue weighted by Crippen LogP contribution is -2.35. The van der Waals surface area contributed by atoms with Crippen molar-refractivity contribution in [1.29, 1.82) is 0 Å². The molecule has 0 fully saturated rings. The van der Waals surface area contributed by atoms with Crippen molar-refractivity contribution in [3.05, 3.63) is 15.8 Å². The van der Waals surface area contributed by atoms with Gasteiger partial charge in [0, 0.05) is 18.0 Å². The van der Waals surface area contributed by atoms with E-state index in [9.17, 15) is 8.42 Å². The minimum atomic E-state index is -3.43. The Hall–Kier alpha value is -0.100. The summed E-state index contributed by atoms with van der Waals surface area (Å²) in [6.07, 6.45) is 0.969. The summed E-state index contributed by atoms with van der Waals surface area (Å²) in [6, 6.07) is 0. The van der Waals surface area contributed by atoms with E-state index in [2.05, 4.69) is 13.8 Å². The second-order valence-electron chi connectivity index (χ2n) is 4.77. The van der Waals surface area contributed by atoms with Crippen LogP contribution in [0.2, 0.25) is 0 Å². The summed E-state index contributed by atoms with van der Waals surface area (Å²) in [7, 11) is -3.43. The molecule has 1 heterocycles. The van der Waals surface area contributed by atoms with Crippen molar-refractivity contribution in [3.63, 3.8) is 0 Å². The molecule has 0 spiro atoms. The number of alkyl halides is 1. The number of nitrogens with zero attached hydrogens (tertiary/aromatic N) is 1. The Labute approximate surface area is 125 Å². The molecule has 0 aromatic carbocycles. The van der Waals surface area contributed by atoms with E-state index in [-0.39, 0.29) is 5.88 Å². The van der Waals surface area contributed by atoms with Crippen LogP contribution in [-0.2, 0) is 15.9 Å². The first-order chi connectivity index (χ1) is 8.88. The third-order valence-electron chi connectivity index (χ3n) is 3.27. The van der Waals surface area contributed by atoms with E-state index >= 15 is 0 Å². The lowest BCUT2D eigenvalue weighted by atomic mass is 10.1. The Bertz CT molecular complexity index is 511. The van der Waals surface area contributed by atoms with E-state index in [1.807, 2.05) is 19.2 Å². The van der Waals surface area contributed by atoms with Gasteiger partial charge in [-0.1, -0.05) is 27.2 Å². The predicted octanol–water partition coefficient (Wildman–Crippen LogP) is 3.85. The fourth-order valence-electron chi connectivity index (χ4n) is 1.93. The van der Waals surface area contributed by atoms with Crippen molar-refractivity contribution in [3.8, 4) is 0 Å². The minimum Gasteiger partial charge on any atom is -0.207 e. The zero-order valence-corrected chi connectivity index (χ0v) is 14.3. The van der Waals surface area contributed by atoms with Gasteiger partial charge in [-0.3, -0.25) is 0 Å². The number of rotatable bonds is 7. The smallest absolute Gasteiger partial charge is 0.207 e. The first kappa shape index (κ1) is 17.0. The first-order valence-electron chi connectivity index (χ1n) is 6.51. The fraction of sp³-hybridized carbons (Fsp3) is 0.692. The second kappa shape index (κ2) is 7.07. The summed E-state index contributed by atoms with van der Waals surface area (Å²) in [6.45, 7) is 8.90. The third kappa shape index (κ3) is 3.72. The van der Waals surface area contributed by atoms with Crippen molar-refractivity contribution >= 4 is 33.0 Å². The molecule has 0 saturated carbocycles. The van der Waals surface area contributed by atoms with Crippen molar-refractivity contribution < 1.29 is 8.42 Å². The molecule has 0 N–H and O–H groups in total. The van der Waals surface area contributed by atoms with Crippen LogP contribution in [0.25, 0.3) is 0 Å². The van der Waals surface area contributed by atoms with Crippen molar-refractivity contribution in [2.45, 2.75) is 44.9 Å². The highest BCUT2D eigenvalue weighted by atomic mass is 35.5.